The second-order valence-corrected chi connectivity index (χ2v) is 5.38. The molecule has 6 heteroatoms. The summed E-state index contributed by atoms with van der Waals surface area (Å²) in [5.74, 6) is 0.652. The van der Waals surface area contributed by atoms with Crippen LogP contribution in [0.2, 0.25) is 0 Å². The number of hydrogen-bond donors (Lipinski definition) is 1. The lowest BCUT2D eigenvalue weighted by Crippen LogP contribution is -1.96. The molecule has 21 heavy (non-hydrogen) atoms. The van der Waals surface area contributed by atoms with Crippen LogP contribution in [0.15, 0.2) is 46.9 Å². The highest BCUT2D eigenvalue weighted by molar-refractivity contribution is 9.10. The summed E-state index contributed by atoms with van der Waals surface area (Å²) < 4.78 is 6.16. The van der Waals surface area contributed by atoms with E-state index >= 15 is 0 Å². The van der Waals surface area contributed by atoms with Crippen LogP contribution in [0.25, 0.3) is 0 Å². The number of ether oxygens (including phenoxy) is 1. The summed E-state index contributed by atoms with van der Waals surface area (Å²) in [6, 6.07) is 11.5. The Kier molecular flexibility index (Phi) is 4.93. The van der Waals surface area contributed by atoms with Crippen LogP contribution < -0.4 is 4.74 Å². The third-order valence-corrected chi connectivity index (χ3v) is 3.49. The highest BCUT2D eigenvalue weighted by atomic mass is 79.9. The van der Waals surface area contributed by atoms with Gasteiger partial charge in [-0.05, 0) is 36.2 Å². The Morgan fingerprint density at radius 3 is 2.52 bits per heavy atom. The molecule has 0 saturated carbocycles. The summed E-state index contributed by atoms with van der Waals surface area (Å²) in [5, 5.41) is 20.7. The summed E-state index contributed by atoms with van der Waals surface area (Å²) in [4.78, 5) is 10.5. The van der Waals surface area contributed by atoms with Gasteiger partial charge in [-0.3, -0.25) is 10.1 Å². The number of aliphatic hydroxyl groups is 1. The van der Waals surface area contributed by atoms with Crippen molar-refractivity contribution in [3.8, 4) is 11.5 Å². The molecule has 0 unspecified atom stereocenters. The molecule has 0 radical (unpaired) electrons. The van der Waals surface area contributed by atoms with Gasteiger partial charge in [0.2, 0.25) is 5.75 Å². The maximum absolute atomic E-state index is 11.0. The van der Waals surface area contributed by atoms with E-state index in [2.05, 4.69) is 15.9 Å². The van der Waals surface area contributed by atoms with Gasteiger partial charge in [-0.2, -0.15) is 0 Å². The summed E-state index contributed by atoms with van der Waals surface area (Å²) in [6.07, 6.45) is 0.110. The molecular formula is C15H14BrNO4. The molecule has 110 valence electrons. The Hall–Kier alpha value is -1.92. The number of rotatable bonds is 5. The standard InChI is InChI=1S/C15H14BrNO4/c1-2-14(18)10-3-6-12(7-4-10)21-15-8-5-11(16)9-13(15)17(19)20/h3-9,14,18H,2H2,1H3/t14-/m0/s1. The molecular weight excluding hydrogens is 338 g/mol. The predicted molar refractivity (Wildman–Crippen MR) is 82.6 cm³/mol. The van der Waals surface area contributed by atoms with Crippen LogP contribution in [0.4, 0.5) is 5.69 Å². The average molecular weight is 352 g/mol. The first kappa shape index (κ1) is 15.5. The fourth-order valence-electron chi connectivity index (χ4n) is 1.84. The molecule has 2 aromatic carbocycles. The maximum atomic E-state index is 11.0. The molecule has 0 heterocycles. The number of aliphatic hydroxyl groups excluding tert-OH is 1. The minimum absolute atomic E-state index is 0.109. The van der Waals surface area contributed by atoms with Crippen LogP contribution in [0.5, 0.6) is 11.5 Å². The number of benzene rings is 2. The molecule has 5 nitrogen and oxygen atoms in total. The van der Waals surface area contributed by atoms with E-state index in [0.717, 1.165) is 5.56 Å². The van der Waals surface area contributed by atoms with Gasteiger partial charge in [0, 0.05) is 10.5 Å². The van der Waals surface area contributed by atoms with Crippen LogP contribution in [0.3, 0.4) is 0 Å². The molecule has 0 amide bonds. The van der Waals surface area contributed by atoms with Gasteiger partial charge >= 0.3 is 5.69 Å². The highest BCUT2D eigenvalue weighted by Crippen LogP contribution is 2.34. The highest BCUT2D eigenvalue weighted by Gasteiger charge is 2.16. The van der Waals surface area contributed by atoms with E-state index < -0.39 is 11.0 Å². The van der Waals surface area contributed by atoms with Gasteiger partial charge in [0.1, 0.15) is 5.75 Å². The van der Waals surface area contributed by atoms with Crippen molar-refractivity contribution in [3.63, 3.8) is 0 Å². The molecule has 0 aromatic heterocycles. The first-order chi connectivity index (χ1) is 10.0. The lowest BCUT2D eigenvalue weighted by atomic mass is 10.1. The van der Waals surface area contributed by atoms with Gasteiger partial charge < -0.3 is 9.84 Å². The van der Waals surface area contributed by atoms with E-state index in [0.29, 0.717) is 16.6 Å². The zero-order valence-corrected chi connectivity index (χ0v) is 12.9. The summed E-state index contributed by atoms with van der Waals surface area (Å²) in [7, 11) is 0. The van der Waals surface area contributed by atoms with Crippen molar-refractivity contribution >= 4 is 21.6 Å². The topological polar surface area (TPSA) is 72.6 Å². The molecule has 0 fully saturated rings. The second kappa shape index (κ2) is 6.69. The van der Waals surface area contributed by atoms with Gasteiger partial charge in [-0.1, -0.05) is 35.0 Å². The van der Waals surface area contributed by atoms with E-state index in [9.17, 15) is 15.2 Å². The van der Waals surface area contributed by atoms with Crippen LogP contribution in [0.1, 0.15) is 25.0 Å². The van der Waals surface area contributed by atoms with Crippen molar-refractivity contribution in [1.29, 1.82) is 0 Å². The molecule has 0 aliphatic carbocycles. The van der Waals surface area contributed by atoms with Gasteiger partial charge in [0.25, 0.3) is 0 Å². The smallest absolute Gasteiger partial charge is 0.312 e. The predicted octanol–water partition coefficient (Wildman–Crippen LogP) is 4.59. The SMILES string of the molecule is CC[C@H](O)c1ccc(Oc2ccc(Br)cc2[N+](=O)[O-])cc1. The second-order valence-electron chi connectivity index (χ2n) is 4.46. The van der Waals surface area contributed by atoms with Crippen LogP contribution in [0, 0.1) is 10.1 Å². The first-order valence-electron chi connectivity index (χ1n) is 6.41. The fraction of sp³-hybridized carbons (Fsp3) is 0.200. The van der Waals surface area contributed by atoms with Crippen LogP contribution in [-0.4, -0.2) is 10.0 Å². The number of nitro groups is 1. The van der Waals surface area contributed by atoms with E-state index in [1.54, 1.807) is 30.3 Å². The normalized spacial score (nSPS) is 12.0. The van der Waals surface area contributed by atoms with Crippen molar-refractivity contribution in [2.45, 2.75) is 19.4 Å². The van der Waals surface area contributed by atoms with Crippen molar-refractivity contribution in [1.82, 2.24) is 0 Å². The van der Waals surface area contributed by atoms with E-state index in [1.165, 1.54) is 12.1 Å². The maximum Gasteiger partial charge on any atom is 0.312 e. The average Bonchev–Trinajstić information content (AvgIpc) is 2.49. The van der Waals surface area contributed by atoms with Gasteiger partial charge in [0.05, 0.1) is 11.0 Å². The van der Waals surface area contributed by atoms with Crippen molar-refractivity contribution in [2.24, 2.45) is 0 Å². The lowest BCUT2D eigenvalue weighted by Gasteiger charge is -2.10. The Labute approximate surface area is 130 Å². The third-order valence-electron chi connectivity index (χ3n) is 3.00. The zero-order valence-electron chi connectivity index (χ0n) is 11.3. The Morgan fingerprint density at radius 2 is 1.95 bits per heavy atom. The molecule has 0 bridgehead atoms. The largest absolute Gasteiger partial charge is 0.450 e. The number of hydrogen-bond acceptors (Lipinski definition) is 4. The quantitative estimate of drug-likeness (QED) is 0.631. The number of nitro benzene ring substituents is 1. The van der Waals surface area contributed by atoms with Crippen LogP contribution >= 0.6 is 15.9 Å². The van der Waals surface area contributed by atoms with Gasteiger partial charge in [-0.25, -0.2) is 0 Å². The zero-order chi connectivity index (χ0) is 15.4. The Bertz CT molecular complexity index is 643. The molecule has 0 spiro atoms. The molecule has 0 saturated heterocycles. The van der Waals surface area contributed by atoms with Gasteiger partial charge in [0.15, 0.2) is 0 Å². The Balaban J connectivity index is 2.24. The fourth-order valence-corrected chi connectivity index (χ4v) is 2.19. The summed E-state index contributed by atoms with van der Waals surface area (Å²) >= 11 is 3.20. The Morgan fingerprint density at radius 1 is 1.29 bits per heavy atom. The molecule has 0 aliphatic heterocycles. The summed E-state index contributed by atoms with van der Waals surface area (Å²) in [5.41, 5.74) is 0.678. The minimum atomic E-state index is -0.513. The number of nitrogens with zero attached hydrogens (tertiary/aromatic N) is 1. The minimum Gasteiger partial charge on any atom is -0.450 e. The van der Waals surface area contributed by atoms with E-state index in [4.69, 9.17) is 4.74 Å². The van der Waals surface area contributed by atoms with Crippen molar-refractivity contribution in [3.05, 3.63) is 62.6 Å². The summed E-state index contributed by atoms with van der Waals surface area (Å²) in [6.45, 7) is 1.89. The van der Waals surface area contributed by atoms with Gasteiger partial charge in [-0.15, -0.1) is 0 Å². The molecule has 2 aromatic rings. The van der Waals surface area contributed by atoms with Crippen molar-refractivity contribution in [2.75, 3.05) is 0 Å². The molecule has 1 N–H and O–H groups in total. The molecule has 2 rings (SSSR count). The van der Waals surface area contributed by atoms with Crippen molar-refractivity contribution < 1.29 is 14.8 Å². The monoisotopic (exact) mass is 351 g/mol. The van der Waals surface area contributed by atoms with E-state index in [-0.39, 0.29) is 11.4 Å². The molecule has 0 aliphatic rings. The number of halogens is 1. The first-order valence-corrected chi connectivity index (χ1v) is 7.20. The van der Waals surface area contributed by atoms with Crippen LogP contribution in [-0.2, 0) is 0 Å². The van der Waals surface area contributed by atoms with E-state index in [1.807, 2.05) is 6.92 Å². The molecule has 1 atom stereocenters. The third kappa shape index (κ3) is 3.80. The lowest BCUT2D eigenvalue weighted by molar-refractivity contribution is -0.385.